The number of nitrogens with one attached hydrogen (secondary N) is 2. The summed E-state index contributed by atoms with van der Waals surface area (Å²) in [6.45, 7) is 1.70. The topological polar surface area (TPSA) is 92.6 Å². The van der Waals surface area contributed by atoms with Crippen molar-refractivity contribution in [1.29, 1.82) is 5.26 Å². The molecule has 126 valence electrons. The number of amides is 1. The summed E-state index contributed by atoms with van der Waals surface area (Å²) in [6, 6.07) is 5.59. The molecule has 0 unspecified atom stereocenters. The van der Waals surface area contributed by atoms with Crippen molar-refractivity contribution >= 4 is 11.6 Å². The summed E-state index contributed by atoms with van der Waals surface area (Å²) >= 11 is 0. The highest BCUT2D eigenvalue weighted by atomic mass is 16.5. The second-order valence-corrected chi connectivity index (χ2v) is 5.06. The van der Waals surface area contributed by atoms with Gasteiger partial charge in [-0.05, 0) is 12.5 Å². The Kier molecular flexibility index (Phi) is 5.32. The zero-order valence-corrected chi connectivity index (χ0v) is 14.0. The van der Waals surface area contributed by atoms with E-state index in [1.54, 1.807) is 25.3 Å². The van der Waals surface area contributed by atoms with Crippen LogP contribution in [-0.4, -0.2) is 27.2 Å². The average molecular weight is 329 g/mol. The molecule has 0 bridgehead atoms. The molecule has 1 amide bonds. The van der Waals surface area contributed by atoms with Gasteiger partial charge >= 0.3 is 0 Å². The van der Waals surface area contributed by atoms with Crippen LogP contribution in [0.4, 0.5) is 5.69 Å². The van der Waals surface area contributed by atoms with E-state index in [0.29, 0.717) is 39.8 Å². The standard InChI is InChI=1S/C17H19N3O4/c1-10-13(8-18)11(5-16(21)20-10)9-19-12-6-14(22-2)17(24-4)15(7-12)23-3/h6-7,9,19H,5H2,1-4H3,(H,20,21). The van der Waals surface area contributed by atoms with Crippen LogP contribution in [0.3, 0.4) is 0 Å². The number of rotatable bonds is 5. The highest BCUT2D eigenvalue weighted by molar-refractivity contribution is 5.85. The number of ether oxygens (including phenoxy) is 3. The van der Waals surface area contributed by atoms with Crippen molar-refractivity contribution in [2.45, 2.75) is 13.3 Å². The van der Waals surface area contributed by atoms with E-state index in [-0.39, 0.29) is 12.3 Å². The molecule has 1 heterocycles. The lowest BCUT2D eigenvalue weighted by Crippen LogP contribution is -2.28. The van der Waals surface area contributed by atoms with Crippen molar-refractivity contribution in [1.82, 2.24) is 5.32 Å². The highest BCUT2D eigenvalue weighted by Crippen LogP contribution is 2.40. The van der Waals surface area contributed by atoms with Gasteiger partial charge in [0.05, 0.1) is 33.3 Å². The monoisotopic (exact) mass is 329 g/mol. The quantitative estimate of drug-likeness (QED) is 0.861. The molecule has 0 aliphatic carbocycles. The molecule has 0 spiro atoms. The van der Waals surface area contributed by atoms with Gasteiger partial charge in [0.15, 0.2) is 11.5 Å². The first-order valence-electron chi connectivity index (χ1n) is 7.20. The SMILES string of the molecule is COc1cc(NC=C2CC(=O)NC(C)=C2C#N)cc(OC)c1OC. The van der Waals surface area contributed by atoms with E-state index in [1.165, 1.54) is 21.3 Å². The Labute approximate surface area is 140 Å². The molecule has 2 N–H and O–H groups in total. The minimum atomic E-state index is -0.149. The molecule has 1 aliphatic heterocycles. The van der Waals surface area contributed by atoms with E-state index in [4.69, 9.17) is 14.2 Å². The lowest BCUT2D eigenvalue weighted by atomic mass is 9.99. The maximum atomic E-state index is 11.7. The highest BCUT2D eigenvalue weighted by Gasteiger charge is 2.20. The molecule has 1 aromatic rings. The molecule has 0 radical (unpaired) electrons. The maximum Gasteiger partial charge on any atom is 0.228 e. The zero-order chi connectivity index (χ0) is 17.7. The van der Waals surface area contributed by atoms with Crippen molar-refractivity contribution < 1.29 is 19.0 Å². The second-order valence-electron chi connectivity index (χ2n) is 5.06. The third-order valence-corrected chi connectivity index (χ3v) is 3.56. The summed E-state index contributed by atoms with van der Waals surface area (Å²) < 4.78 is 15.9. The number of carbonyl (C=O) groups is 1. The van der Waals surface area contributed by atoms with E-state index in [9.17, 15) is 10.1 Å². The van der Waals surface area contributed by atoms with Crippen LogP contribution in [0.25, 0.3) is 0 Å². The Bertz CT molecular complexity index is 735. The summed E-state index contributed by atoms with van der Waals surface area (Å²) in [5, 5.41) is 15.0. The Morgan fingerprint density at radius 3 is 2.33 bits per heavy atom. The van der Waals surface area contributed by atoms with Crippen LogP contribution in [0, 0.1) is 11.3 Å². The number of methoxy groups -OCH3 is 3. The van der Waals surface area contributed by atoms with Crippen LogP contribution >= 0.6 is 0 Å². The normalized spacial score (nSPS) is 15.6. The molecule has 2 rings (SSSR count). The van der Waals surface area contributed by atoms with E-state index in [2.05, 4.69) is 16.7 Å². The van der Waals surface area contributed by atoms with Crippen molar-refractivity contribution in [2.75, 3.05) is 26.6 Å². The molecule has 0 saturated heterocycles. The van der Waals surface area contributed by atoms with E-state index in [0.717, 1.165) is 0 Å². The van der Waals surface area contributed by atoms with Gasteiger partial charge in [0.25, 0.3) is 0 Å². The molecule has 0 fully saturated rings. The largest absolute Gasteiger partial charge is 0.493 e. The molecule has 0 saturated carbocycles. The predicted octanol–water partition coefficient (Wildman–Crippen LogP) is 2.33. The fourth-order valence-electron chi connectivity index (χ4n) is 2.43. The van der Waals surface area contributed by atoms with Gasteiger partial charge < -0.3 is 24.8 Å². The second kappa shape index (κ2) is 7.42. The number of nitrogens with zero attached hydrogens (tertiary/aromatic N) is 1. The Morgan fingerprint density at radius 2 is 1.83 bits per heavy atom. The number of carbonyl (C=O) groups excluding carboxylic acids is 1. The fourth-order valence-corrected chi connectivity index (χ4v) is 2.43. The van der Waals surface area contributed by atoms with Crippen LogP contribution in [-0.2, 0) is 4.79 Å². The smallest absolute Gasteiger partial charge is 0.228 e. The number of anilines is 1. The fraction of sp³-hybridized carbons (Fsp3) is 0.294. The average Bonchev–Trinajstić information content (AvgIpc) is 2.58. The summed E-state index contributed by atoms with van der Waals surface area (Å²) in [6.07, 6.45) is 1.78. The zero-order valence-electron chi connectivity index (χ0n) is 14.0. The van der Waals surface area contributed by atoms with Gasteiger partial charge in [-0.25, -0.2) is 0 Å². The lowest BCUT2D eigenvalue weighted by molar-refractivity contribution is -0.119. The molecule has 24 heavy (non-hydrogen) atoms. The van der Waals surface area contributed by atoms with Gasteiger partial charge in [-0.2, -0.15) is 5.26 Å². The first-order chi connectivity index (χ1) is 11.5. The summed E-state index contributed by atoms with van der Waals surface area (Å²) in [4.78, 5) is 11.7. The maximum absolute atomic E-state index is 11.7. The van der Waals surface area contributed by atoms with E-state index in [1.807, 2.05) is 0 Å². The summed E-state index contributed by atoms with van der Waals surface area (Å²) in [5.74, 6) is 1.35. The van der Waals surface area contributed by atoms with Gasteiger partial charge in [0.1, 0.15) is 6.07 Å². The predicted molar refractivity (Wildman–Crippen MR) is 88.9 cm³/mol. The molecule has 1 aliphatic rings. The van der Waals surface area contributed by atoms with Crippen LogP contribution < -0.4 is 24.8 Å². The number of benzene rings is 1. The summed E-state index contributed by atoms with van der Waals surface area (Å²) in [7, 11) is 4.60. The van der Waals surface area contributed by atoms with Crippen molar-refractivity contribution in [3.05, 3.63) is 35.2 Å². The number of hydrogen-bond donors (Lipinski definition) is 2. The molecular formula is C17H19N3O4. The van der Waals surface area contributed by atoms with Crippen LogP contribution in [0.1, 0.15) is 13.3 Å². The van der Waals surface area contributed by atoms with Crippen LogP contribution in [0.2, 0.25) is 0 Å². The van der Waals surface area contributed by atoms with Crippen LogP contribution in [0.15, 0.2) is 35.2 Å². The van der Waals surface area contributed by atoms with Crippen molar-refractivity contribution in [3.63, 3.8) is 0 Å². The molecule has 7 heteroatoms. The molecule has 0 aromatic heterocycles. The van der Waals surface area contributed by atoms with Gasteiger partial charge in [-0.3, -0.25) is 4.79 Å². The van der Waals surface area contributed by atoms with E-state index < -0.39 is 0 Å². The van der Waals surface area contributed by atoms with E-state index >= 15 is 0 Å². The molecule has 0 atom stereocenters. The molecular weight excluding hydrogens is 310 g/mol. The molecule has 1 aromatic carbocycles. The minimum absolute atomic E-state index is 0.137. The number of nitriles is 1. The minimum Gasteiger partial charge on any atom is -0.493 e. The Balaban J connectivity index is 2.36. The third kappa shape index (κ3) is 3.43. The number of hydrogen-bond acceptors (Lipinski definition) is 6. The van der Waals surface area contributed by atoms with Gasteiger partial charge in [0, 0.05) is 29.7 Å². The van der Waals surface area contributed by atoms with Gasteiger partial charge in [-0.1, -0.05) is 0 Å². The molecule has 7 nitrogen and oxygen atoms in total. The van der Waals surface area contributed by atoms with Crippen molar-refractivity contribution in [3.8, 4) is 23.3 Å². The van der Waals surface area contributed by atoms with Gasteiger partial charge in [0.2, 0.25) is 11.7 Å². The van der Waals surface area contributed by atoms with Gasteiger partial charge in [-0.15, -0.1) is 0 Å². The first-order valence-corrected chi connectivity index (χ1v) is 7.20. The third-order valence-electron chi connectivity index (χ3n) is 3.56. The van der Waals surface area contributed by atoms with Crippen molar-refractivity contribution in [2.24, 2.45) is 0 Å². The summed E-state index contributed by atoms with van der Waals surface area (Å²) in [5.41, 5.74) is 2.30. The number of allylic oxidation sites excluding steroid dienone is 2. The lowest BCUT2D eigenvalue weighted by Gasteiger charge is -2.18. The Hall–Kier alpha value is -3.14. The first kappa shape index (κ1) is 17.2. The van der Waals surface area contributed by atoms with Crippen LogP contribution in [0.5, 0.6) is 17.2 Å². The Morgan fingerprint density at radius 1 is 1.21 bits per heavy atom.